The van der Waals surface area contributed by atoms with Crippen molar-refractivity contribution in [2.75, 3.05) is 11.9 Å². The summed E-state index contributed by atoms with van der Waals surface area (Å²) in [6.45, 7) is 9.33. The number of carbonyl (C=O) groups excluding carboxylic acids is 1. The lowest BCUT2D eigenvalue weighted by molar-refractivity contribution is -0.120. The highest BCUT2D eigenvalue weighted by Gasteiger charge is 2.17. The summed E-state index contributed by atoms with van der Waals surface area (Å²) in [6, 6.07) is 0. The predicted molar refractivity (Wildman–Crippen MR) is 79.5 cm³/mol. The van der Waals surface area contributed by atoms with Gasteiger partial charge in [0.15, 0.2) is 5.69 Å². The first kappa shape index (κ1) is 16.9. The number of anilines is 1. The molecule has 116 valence electrons. The van der Waals surface area contributed by atoms with E-state index >= 15 is 0 Å². The molecule has 0 spiro atoms. The largest absolute Gasteiger partial charge is 0.476 e. The lowest BCUT2D eigenvalue weighted by Crippen LogP contribution is -2.43. The standard InChI is InChI=1S/C14H22N4O3/c1-8(2)12-16-6-9(11(17-12)13(20)21)15-7-10(19)18-14(3,4)5/h6,8,15H,7H2,1-5H3,(H,18,19)(H,20,21). The van der Waals surface area contributed by atoms with Crippen molar-refractivity contribution in [1.29, 1.82) is 0 Å². The summed E-state index contributed by atoms with van der Waals surface area (Å²) in [7, 11) is 0. The van der Waals surface area contributed by atoms with E-state index in [0.717, 1.165) is 0 Å². The van der Waals surface area contributed by atoms with Crippen molar-refractivity contribution < 1.29 is 14.7 Å². The van der Waals surface area contributed by atoms with E-state index in [1.54, 1.807) is 0 Å². The highest BCUT2D eigenvalue weighted by Crippen LogP contribution is 2.16. The number of amides is 1. The summed E-state index contributed by atoms with van der Waals surface area (Å²) >= 11 is 0. The SMILES string of the molecule is CC(C)c1ncc(NCC(=O)NC(C)(C)C)c(C(=O)O)n1. The van der Waals surface area contributed by atoms with Crippen LogP contribution < -0.4 is 10.6 Å². The molecule has 7 heteroatoms. The van der Waals surface area contributed by atoms with Gasteiger partial charge in [-0.25, -0.2) is 14.8 Å². The molecular formula is C14H22N4O3. The minimum atomic E-state index is -1.15. The molecule has 0 radical (unpaired) electrons. The zero-order valence-corrected chi connectivity index (χ0v) is 13.0. The smallest absolute Gasteiger partial charge is 0.356 e. The second kappa shape index (κ2) is 6.51. The Kier molecular flexibility index (Phi) is 5.23. The number of nitrogens with zero attached hydrogens (tertiary/aromatic N) is 2. The maximum atomic E-state index is 11.7. The number of rotatable bonds is 5. The first-order valence-corrected chi connectivity index (χ1v) is 6.75. The van der Waals surface area contributed by atoms with Crippen molar-refractivity contribution >= 4 is 17.6 Å². The highest BCUT2D eigenvalue weighted by atomic mass is 16.4. The zero-order valence-electron chi connectivity index (χ0n) is 13.0. The summed E-state index contributed by atoms with van der Waals surface area (Å²) < 4.78 is 0. The first-order chi connectivity index (χ1) is 9.60. The average molecular weight is 294 g/mol. The fourth-order valence-electron chi connectivity index (χ4n) is 1.60. The van der Waals surface area contributed by atoms with E-state index in [1.165, 1.54) is 6.20 Å². The number of carbonyl (C=O) groups is 2. The van der Waals surface area contributed by atoms with Crippen LogP contribution in [0.15, 0.2) is 6.20 Å². The van der Waals surface area contributed by atoms with Crippen molar-refractivity contribution in [3.8, 4) is 0 Å². The van der Waals surface area contributed by atoms with Crippen LogP contribution in [0.1, 0.15) is 56.8 Å². The predicted octanol–water partition coefficient (Wildman–Crippen LogP) is 1.62. The Hall–Kier alpha value is -2.18. The maximum absolute atomic E-state index is 11.7. The van der Waals surface area contributed by atoms with Gasteiger partial charge in [0.2, 0.25) is 5.91 Å². The van der Waals surface area contributed by atoms with Crippen molar-refractivity contribution in [2.45, 2.75) is 46.1 Å². The second-order valence-electron chi connectivity index (χ2n) is 6.10. The Labute approximate surface area is 124 Å². The molecule has 0 unspecified atom stereocenters. The van der Waals surface area contributed by atoms with Gasteiger partial charge in [-0.3, -0.25) is 4.79 Å². The summed E-state index contributed by atoms with van der Waals surface area (Å²) in [5, 5.41) is 14.7. The van der Waals surface area contributed by atoms with E-state index in [2.05, 4.69) is 20.6 Å². The number of aromatic carboxylic acids is 1. The number of carboxylic acid groups (broad SMARTS) is 1. The summed E-state index contributed by atoms with van der Waals surface area (Å²) in [5.41, 5.74) is -0.236. The third-order valence-electron chi connectivity index (χ3n) is 2.48. The molecule has 3 N–H and O–H groups in total. The monoisotopic (exact) mass is 294 g/mol. The molecule has 1 heterocycles. The van der Waals surface area contributed by atoms with Crippen molar-refractivity contribution in [3.05, 3.63) is 17.7 Å². The third-order valence-corrected chi connectivity index (χ3v) is 2.48. The van der Waals surface area contributed by atoms with Crippen LogP contribution in [0.2, 0.25) is 0 Å². The van der Waals surface area contributed by atoms with E-state index in [-0.39, 0.29) is 35.3 Å². The van der Waals surface area contributed by atoms with Gasteiger partial charge >= 0.3 is 5.97 Å². The second-order valence-corrected chi connectivity index (χ2v) is 6.10. The molecule has 1 rings (SSSR count). The normalized spacial score (nSPS) is 11.3. The molecule has 0 atom stereocenters. The van der Waals surface area contributed by atoms with Crippen LogP contribution in [0, 0.1) is 0 Å². The minimum Gasteiger partial charge on any atom is -0.476 e. The Morgan fingerprint density at radius 3 is 2.43 bits per heavy atom. The van der Waals surface area contributed by atoms with Crippen LogP contribution >= 0.6 is 0 Å². The van der Waals surface area contributed by atoms with Gasteiger partial charge in [-0.1, -0.05) is 13.8 Å². The van der Waals surface area contributed by atoms with Gasteiger partial charge in [0.05, 0.1) is 18.4 Å². The van der Waals surface area contributed by atoms with Gasteiger partial charge in [0.25, 0.3) is 0 Å². The average Bonchev–Trinajstić information content (AvgIpc) is 2.33. The molecule has 0 fully saturated rings. The van der Waals surface area contributed by atoms with Gasteiger partial charge in [-0.2, -0.15) is 0 Å². The fourth-order valence-corrected chi connectivity index (χ4v) is 1.60. The number of hydrogen-bond donors (Lipinski definition) is 3. The molecular weight excluding hydrogens is 272 g/mol. The molecule has 0 aliphatic heterocycles. The summed E-state index contributed by atoms with van der Waals surface area (Å²) in [6.07, 6.45) is 1.40. The molecule has 0 saturated heterocycles. The van der Waals surface area contributed by atoms with E-state index in [0.29, 0.717) is 5.82 Å². The third kappa shape index (κ3) is 5.37. The zero-order chi connectivity index (χ0) is 16.2. The lowest BCUT2D eigenvalue weighted by atomic mass is 10.1. The van der Waals surface area contributed by atoms with Gasteiger partial charge in [0, 0.05) is 11.5 Å². The van der Waals surface area contributed by atoms with Crippen molar-refractivity contribution in [3.63, 3.8) is 0 Å². The lowest BCUT2D eigenvalue weighted by Gasteiger charge is -2.21. The Balaban J connectivity index is 2.84. The van der Waals surface area contributed by atoms with Crippen LogP contribution in [0.3, 0.4) is 0 Å². The van der Waals surface area contributed by atoms with Gasteiger partial charge in [0.1, 0.15) is 5.82 Å². The quantitative estimate of drug-likeness (QED) is 0.762. The highest BCUT2D eigenvalue weighted by molar-refractivity contribution is 5.92. The van der Waals surface area contributed by atoms with E-state index < -0.39 is 5.97 Å². The molecule has 0 aromatic carbocycles. The molecule has 0 saturated carbocycles. The molecule has 1 amide bonds. The van der Waals surface area contributed by atoms with Crippen LogP contribution in [-0.4, -0.2) is 39.0 Å². The summed E-state index contributed by atoms with van der Waals surface area (Å²) in [4.78, 5) is 31.1. The first-order valence-electron chi connectivity index (χ1n) is 6.75. The molecule has 1 aromatic heterocycles. The van der Waals surface area contributed by atoms with E-state index in [4.69, 9.17) is 0 Å². The topological polar surface area (TPSA) is 104 Å². The number of nitrogens with one attached hydrogen (secondary N) is 2. The Morgan fingerprint density at radius 1 is 1.33 bits per heavy atom. The van der Waals surface area contributed by atoms with Gasteiger partial charge in [-0.05, 0) is 20.8 Å². The Bertz CT molecular complexity index is 536. The minimum absolute atomic E-state index is 0.0290. The molecule has 21 heavy (non-hydrogen) atoms. The molecule has 0 aliphatic carbocycles. The summed E-state index contributed by atoms with van der Waals surface area (Å²) in [5.74, 6) is -0.900. The molecule has 7 nitrogen and oxygen atoms in total. The molecule has 1 aromatic rings. The van der Waals surface area contributed by atoms with Crippen molar-refractivity contribution in [2.24, 2.45) is 0 Å². The van der Waals surface area contributed by atoms with E-state index in [1.807, 2.05) is 34.6 Å². The van der Waals surface area contributed by atoms with E-state index in [9.17, 15) is 14.7 Å². The van der Waals surface area contributed by atoms with Crippen LogP contribution in [0.4, 0.5) is 5.69 Å². The van der Waals surface area contributed by atoms with Crippen LogP contribution in [0.5, 0.6) is 0 Å². The Morgan fingerprint density at radius 2 is 1.95 bits per heavy atom. The number of hydrogen-bond acceptors (Lipinski definition) is 5. The van der Waals surface area contributed by atoms with Gasteiger partial charge in [-0.15, -0.1) is 0 Å². The maximum Gasteiger partial charge on any atom is 0.356 e. The van der Waals surface area contributed by atoms with Crippen LogP contribution in [-0.2, 0) is 4.79 Å². The molecule has 0 bridgehead atoms. The number of aromatic nitrogens is 2. The number of carboxylic acids is 1. The fraction of sp³-hybridized carbons (Fsp3) is 0.571. The van der Waals surface area contributed by atoms with Gasteiger partial charge < -0.3 is 15.7 Å². The molecule has 0 aliphatic rings. The van der Waals surface area contributed by atoms with Crippen LogP contribution in [0.25, 0.3) is 0 Å². The van der Waals surface area contributed by atoms with Crippen molar-refractivity contribution in [1.82, 2.24) is 15.3 Å².